The fraction of sp³-hybridized carbons (Fsp3) is 0.333. The summed E-state index contributed by atoms with van der Waals surface area (Å²) in [5.41, 5.74) is 2.07. The predicted molar refractivity (Wildman–Crippen MR) is 85.3 cm³/mol. The van der Waals surface area contributed by atoms with Gasteiger partial charge in [-0.2, -0.15) is 0 Å². The first-order chi connectivity index (χ1) is 10.8. The molecular weight excluding hydrogens is 278 g/mol. The Bertz CT molecular complexity index is 606. The number of aromatic hydroxyl groups is 1. The van der Waals surface area contributed by atoms with Gasteiger partial charge in [0.05, 0.1) is 26.4 Å². The highest BCUT2D eigenvalue weighted by Crippen LogP contribution is 2.35. The van der Waals surface area contributed by atoms with Crippen molar-refractivity contribution in [3.63, 3.8) is 0 Å². The summed E-state index contributed by atoms with van der Waals surface area (Å²) < 4.78 is 10.7. The minimum atomic E-state index is 0.0241. The van der Waals surface area contributed by atoms with E-state index < -0.39 is 0 Å². The van der Waals surface area contributed by atoms with Crippen LogP contribution >= 0.6 is 0 Å². The number of phenols is 1. The van der Waals surface area contributed by atoms with Crippen LogP contribution in [0.1, 0.15) is 17.2 Å². The smallest absolute Gasteiger partial charge is 0.120 e. The first kappa shape index (κ1) is 14.9. The average Bonchev–Trinajstić information content (AvgIpc) is 2.58. The largest absolute Gasteiger partial charge is 0.508 e. The van der Waals surface area contributed by atoms with Gasteiger partial charge in [-0.25, -0.2) is 0 Å². The lowest BCUT2D eigenvalue weighted by atomic mass is 9.95. The average molecular weight is 299 g/mol. The molecule has 1 fully saturated rings. The number of morpholine rings is 1. The fourth-order valence-electron chi connectivity index (χ4n) is 2.93. The van der Waals surface area contributed by atoms with Gasteiger partial charge in [0.2, 0.25) is 0 Å². The van der Waals surface area contributed by atoms with Crippen LogP contribution in [-0.4, -0.2) is 43.4 Å². The highest BCUT2D eigenvalue weighted by Gasteiger charge is 2.26. The molecule has 1 N–H and O–H groups in total. The molecule has 1 atom stereocenters. The van der Waals surface area contributed by atoms with Crippen LogP contribution in [0.5, 0.6) is 11.5 Å². The van der Waals surface area contributed by atoms with Crippen LogP contribution in [0.2, 0.25) is 0 Å². The summed E-state index contributed by atoms with van der Waals surface area (Å²) in [5.74, 6) is 1.16. The maximum atomic E-state index is 10.3. The summed E-state index contributed by atoms with van der Waals surface area (Å²) >= 11 is 0. The Hall–Kier alpha value is -2.04. The number of phenolic OH excluding ortho intramolecular Hbond substituents is 1. The summed E-state index contributed by atoms with van der Waals surface area (Å²) in [5, 5.41) is 10.3. The van der Waals surface area contributed by atoms with Gasteiger partial charge in [0.1, 0.15) is 11.5 Å². The molecule has 2 aromatic carbocycles. The molecule has 2 aromatic rings. The lowest BCUT2D eigenvalue weighted by Gasteiger charge is -2.35. The Kier molecular flexibility index (Phi) is 4.61. The maximum absolute atomic E-state index is 10.3. The molecule has 0 spiro atoms. The van der Waals surface area contributed by atoms with Crippen molar-refractivity contribution in [2.45, 2.75) is 6.04 Å². The quantitative estimate of drug-likeness (QED) is 0.942. The van der Waals surface area contributed by atoms with Crippen LogP contribution in [0.4, 0.5) is 0 Å². The number of rotatable bonds is 4. The second kappa shape index (κ2) is 6.81. The van der Waals surface area contributed by atoms with E-state index in [1.165, 1.54) is 0 Å². The lowest BCUT2D eigenvalue weighted by molar-refractivity contribution is 0.0235. The van der Waals surface area contributed by atoms with Crippen molar-refractivity contribution in [3.8, 4) is 11.5 Å². The zero-order valence-corrected chi connectivity index (χ0v) is 12.7. The summed E-state index contributed by atoms with van der Waals surface area (Å²) in [4.78, 5) is 2.35. The SMILES string of the molecule is COc1ccc(C(c2ccccc2O)N2CCOCC2)cc1. The minimum Gasteiger partial charge on any atom is -0.508 e. The summed E-state index contributed by atoms with van der Waals surface area (Å²) in [6.45, 7) is 3.15. The van der Waals surface area contributed by atoms with E-state index in [2.05, 4.69) is 17.0 Å². The van der Waals surface area contributed by atoms with Crippen molar-refractivity contribution >= 4 is 0 Å². The van der Waals surface area contributed by atoms with Crippen LogP contribution in [-0.2, 0) is 4.74 Å². The van der Waals surface area contributed by atoms with E-state index in [4.69, 9.17) is 9.47 Å². The van der Waals surface area contributed by atoms with E-state index in [1.54, 1.807) is 13.2 Å². The molecule has 3 rings (SSSR count). The zero-order valence-electron chi connectivity index (χ0n) is 12.7. The normalized spacial score (nSPS) is 17.1. The first-order valence-corrected chi connectivity index (χ1v) is 7.53. The van der Waals surface area contributed by atoms with Crippen molar-refractivity contribution in [3.05, 3.63) is 59.7 Å². The van der Waals surface area contributed by atoms with E-state index in [-0.39, 0.29) is 6.04 Å². The number of hydrogen-bond donors (Lipinski definition) is 1. The molecule has 0 saturated carbocycles. The van der Waals surface area contributed by atoms with Crippen LogP contribution in [0.25, 0.3) is 0 Å². The van der Waals surface area contributed by atoms with E-state index in [0.717, 1.165) is 43.2 Å². The Morgan fingerprint density at radius 2 is 1.73 bits per heavy atom. The maximum Gasteiger partial charge on any atom is 0.120 e. The van der Waals surface area contributed by atoms with Gasteiger partial charge in [-0.1, -0.05) is 30.3 Å². The number of hydrogen-bond acceptors (Lipinski definition) is 4. The van der Waals surface area contributed by atoms with E-state index in [9.17, 15) is 5.11 Å². The molecular formula is C18H21NO3. The Morgan fingerprint density at radius 1 is 1.05 bits per heavy atom. The molecule has 1 aliphatic heterocycles. The van der Waals surface area contributed by atoms with E-state index in [1.807, 2.05) is 30.3 Å². The highest BCUT2D eigenvalue weighted by atomic mass is 16.5. The number of methoxy groups -OCH3 is 1. The van der Waals surface area contributed by atoms with Crippen LogP contribution in [0.15, 0.2) is 48.5 Å². The third-order valence-corrected chi connectivity index (χ3v) is 4.07. The number of nitrogens with zero attached hydrogens (tertiary/aromatic N) is 1. The zero-order chi connectivity index (χ0) is 15.4. The molecule has 1 saturated heterocycles. The first-order valence-electron chi connectivity index (χ1n) is 7.53. The van der Waals surface area contributed by atoms with Gasteiger partial charge in [0.25, 0.3) is 0 Å². The lowest BCUT2D eigenvalue weighted by Crippen LogP contribution is -2.39. The van der Waals surface area contributed by atoms with Gasteiger partial charge in [-0.05, 0) is 23.8 Å². The van der Waals surface area contributed by atoms with Gasteiger partial charge in [0, 0.05) is 18.7 Å². The monoisotopic (exact) mass is 299 g/mol. The molecule has 0 aliphatic carbocycles. The highest BCUT2D eigenvalue weighted by molar-refractivity contribution is 5.42. The van der Waals surface area contributed by atoms with Crippen molar-refractivity contribution < 1.29 is 14.6 Å². The van der Waals surface area contributed by atoms with Gasteiger partial charge in [-0.3, -0.25) is 4.90 Å². The summed E-state index contributed by atoms with van der Waals surface area (Å²) in [7, 11) is 1.66. The number of benzene rings is 2. The van der Waals surface area contributed by atoms with Gasteiger partial charge in [-0.15, -0.1) is 0 Å². The molecule has 22 heavy (non-hydrogen) atoms. The molecule has 116 valence electrons. The topological polar surface area (TPSA) is 41.9 Å². The standard InChI is InChI=1S/C18H21NO3/c1-21-15-8-6-14(7-9-15)18(19-10-12-22-13-11-19)16-4-2-3-5-17(16)20/h2-9,18,20H,10-13H2,1H3. The van der Waals surface area contributed by atoms with Crippen molar-refractivity contribution in [1.29, 1.82) is 0 Å². The van der Waals surface area contributed by atoms with Gasteiger partial charge < -0.3 is 14.6 Å². The Balaban J connectivity index is 1.99. The molecule has 0 radical (unpaired) electrons. The third kappa shape index (κ3) is 3.08. The minimum absolute atomic E-state index is 0.0241. The molecule has 0 aromatic heterocycles. The third-order valence-electron chi connectivity index (χ3n) is 4.07. The summed E-state index contributed by atoms with van der Waals surface area (Å²) in [6, 6.07) is 15.6. The van der Waals surface area contributed by atoms with Crippen LogP contribution in [0, 0.1) is 0 Å². The van der Waals surface area contributed by atoms with Crippen molar-refractivity contribution in [2.24, 2.45) is 0 Å². The van der Waals surface area contributed by atoms with Crippen molar-refractivity contribution in [2.75, 3.05) is 33.4 Å². The molecule has 0 bridgehead atoms. The predicted octanol–water partition coefficient (Wildman–Crippen LogP) is 2.82. The molecule has 1 aliphatic rings. The van der Waals surface area contributed by atoms with E-state index >= 15 is 0 Å². The van der Waals surface area contributed by atoms with E-state index in [0.29, 0.717) is 5.75 Å². The molecule has 4 heteroatoms. The fourth-order valence-corrected chi connectivity index (χ4v) is 2.93. The van der Waals surface area contributed by atoms with Crippen LogP contribution < -0.4 is 4.74 Å². The second-order valence-corrected chi connectivity index (χ2v) is 5.38. The van der Waals surface area contributed by atoms with Gasteiger partial charge >= 0.3 is 0 Å². The van der Waals surface area contributed by atoms with Crippen LogP contribution in [0.3, 0.4) is 0 Å². The molecule has 1 unspecified atom stereocenters. The number of ether oxygens (including phenoxy) is 2. The second-order valence-electron chi connectivity index (χ2n) is 5.38. The number of para-hydroxylation sites is 1. The van der Waals surface area contributed by atoms with Gasteiger partial charge in [0.15, 0.2) is 0 Å². The van der Waals surface area contributed by atoms with Crippen molar-refractivity contribution in [1.82, 2.24) is 4.90 Å². The summed E-state index contributed by atoms with van der Waals surface area (Å²) in [6.07, 6.45) is 0. The Labute approximate surface area is 130 Å². The molecule has 0 amide bonds. The molecule has 1 heterocycles. The molecule has 4 nitrogen and oxygen atoms in total. The Morgan fingerprint density at radius 3 is 2.36 bits per heavy atom.